The van der Waals surface area contributed by atoms with Crippen molar-refractivity contribution < 1.29 is 4.74 Å². The van der Waals surface area contributed by atoms with Crippen LogP contribution in [0, 0.1) is 0 Å². The van der Waals surface area contributed by atoms with E-state index in [9.17, 15) is 4.79 Å². The maximum atomic E-state index is 13.1. The summed E-state index contributed by atoms with van der Waals surface area (Å²) in [5.74, 6) is 0.656. The van der Waals surface area contributed by atoms with Crippen molar-refractivity contribution in [2.45, 2.75) is 32.7 Å². The molecule has 8 heteroatoms. The lowest BCUT2D eigenvalue weighted by Crippen LogP contribution is -2.37. The van der Waals surface area contributed by atoms with Crippen molar-refractivity contribution in [1.82, 2.24) is 24.1 Å². The molecule has 0 unspecified atom stereocenters. The van der Waals surface area contributed by atoms with Gasteiger partial charge in [0.1, 0.15) is 0 Å². The molecule has 0 aliphatic carbocycles. The number of nitrogens with one attached hydrogen (secondary N) is 1. The van der Waals surface area contributed by atoms with Gasteiger partial charge in [-0.2, -0.15) is 0 Å². The topological polar surface area (TPSA) is 76.7 Å². The average Bonchev–Trinajstić information content (AvgIpc) is 3.13. The molecule has 1 aliphatic rings. The van der Waals surface area contributed by atoms with Crippen LogP contribution in [0.4, 0.5) is 5.82 Å². The monoisotopic (exact) mass is 410 g/mol. The molecule has 1 fully saturated rings. The van der Waals surface area contributed by atoms with Gasteiger partial charge in [-0.25, -0.2) is 18.9 Å². The third-order valence-corrected chi connectivity index (χ3v) is 5.45. The molecule has 1 N–H and O–H groups in total. The van der Waals surface area contributed by atoms with Crippen LogP contribution in [0.3, 0.4) is 0 Å². The summed E-state index contributed by atoms with van der Waals surface area (Å²) in [6.07, 6.45) is 4.69. The number of aromatic nitrogens is 4. The van der Waals surface area contributed by atoms with E-state index in [0.29, 0.717) is 18.0 Å². The Morgan fingerprint density at radius 2 is 1.90 bits per heavy atom. The number of aryl methyl sites for hydroxylation is 1. The van der Waals surface area contributed by atoms with Gasteiger partial charge < -0.3 is 10.1 Å². The summed E-state index contributed by atoms with van der Waals surface area (Å²) >= 11 is 0. The number of fused-ring (bicyclic) bond motifs is 1. The summed E-state index contributed by atoms with van der Waals surface area (Å²) in [7, 11) is 0. The third-order valence-electron chi connectivity index (χ3n) is 5.45. The van der Waals surface area contributed by atoms with Gasteiger partial charge in [0.15, 0.2) is 5.82 Å². The zero-order valence-corrected chi connectivity index (χ0v) is 17.6. The zero-order valence-electron chi connectivity index (χ0n) is 17.6. The van der Waals surface area contributed by atoms with E-state index in [1.165, 1.54) is 0 Å². The number of unbranched alkanes of at least 4 members (excludes halogenated alkanes) is 1. The zero-order chi connectivity index (χ0) is 20.8. The number of morpholine rings is 1. The van der Waals surface area contributed by atoms with Crippen LogP contribution >= 0.6 is 0 Å². The number of benzene rings is 1. The maximum Gasteiger partial charge on any atom is 0.351 e. The first-order valence-electron chi connectivity index (χ1n) is 10.9. The van der Waals surface area contributed by atoms with Gasteiger partial charge in [0.05, 0.1) is 25.1 Å². The minimum atomic E-state index is -0.115. The first-order valence-corrected chi connectivity index (χ1v) is 10.9. The van der Waals surface area contributed by atoms with Crippen LogP contribution in [-0.4, -0.2) is 63.5 Å². The Balaban J connectivity index is 1.57. The number of hydrogen-bond donors (Lipinski definition) is 1. The third kappa shape index (κ3) is 4.55. The van der Waals surface area contributed by atoms with Gasteiger partial charge in [-0.1, -0.05) is 43.7 Å². The van der Waals surface area contributed by atoms with Crippen molar-refractivity contribution in [3.05, 3.63) is 47.0 Å². The Labute approximate surface area is 176 Å². The Bertz CT molecular complexity index is 1010. The Hall–Kier alpha value is -2.71. The van der Waals surface area contributed by atoms with Gasteiger partial charge in [0.25, 0.3) is 0 Å². The predicted octanol–water partition coefficient (Wildman–Crippen LogP) is 2.49. The summed E-state index contributed by atoms with van der Waals surface area (Å²) < 4.78 is 8.65. The van der Waals surface area contributed by atoms with Gasteiger partial charge in [-0.3, -0.25) is 4.90 Å². The molecule has 3 aromatic rings. The van der Waals surface area contributed by atoms with Gasteiger partial charge in [-0.15, -0.1) is 5.10 Å². The standard InChI is InChI=1S/C22H30N6O2/c1-2-3-12-27-22(29)28-19(18-8-5-4-6-9-18)17-24-20(21(28)25-27)23-10-7-11-26-13-15-30-16-14-26/h4-6,8-9,17H,2-3,7,10-16H2,1H3,(H,23,24). The molecule has 0 atom stereocenters. The second-order valence-electron chi connectivity index (χ2n) is 7.61. The summed E-state index contributed by atoms with van der Waals surface area (Å²) in [4.78, 5) is 20.1. The molecule has 0 saturated carbocycles. The molecule has 3 heterocycles. The SMILES string of the molecule is CCCCn1nc2c(NCCCN3CCOCC3)ncc(-c3ccccc3)n2c1=O. The van der Waals surface area contributed by atoms with E-state index in [1.54, 1.807) is 15.3 Å². The maximum absolute atomic E-state index is 13.1. The van der Waals surface area contributed by atoms with Gasteiger partial charge in [0.2, 0.25) is 5.65 Å². The van der Waals surface area contributed by atoms with Crippen LogP contribution in [0.25, 0.3) is 16.9 Å². The summed E-state index contributed by atoms with van der Waals surface area (Å²) in [5.41, 5.74) is 2.18. The van der Waals surface area contributed by atoms with Gasteiger partial charge in [-0.05, 0) is 19.4 Å². The van der Waals surface area contributed by atoms with Crippen molar-refractivity contribution in [2.75, 3.05) is 44.7 Å². The van der Waals surface area contributed by atoms with Crippen molar-refractivity contribution in [1.29, 1.82) is 0 Å². The molecule has 4 rings (SSSR count). The Morgan fingerprint density at radius 1 is 1.10 bits per heavy atom. The van der Waals surface area contributed by atoms with Crippen molar-refractivity contribution in [3.8, 4) is 11.3 Å². The molecular weight excluding hydrogens is 380 g/mol. The normalized spacial score (nSPS) is 15.0. The molecule has 8 nitrogen and oxygen atoms in total. The van der Waals surface area contributed by atoms with E-state index in [4.69, 9.17) is 4.74 Å². The quantitative estimate of drug-likeness (QED) is 0.546. The van der Waals surface area contributed by atoms with E-state index in [1.807, 2.05) is 30.3 Å². The van der Waals surface area contributed by atoms with E-state index >= 15 is 0 Å². The fourth-order valence-electron chi connectivity index (χ4n) is 3.74. The highest BCUT2D eigenvalue weighted by molar-refractivity contribution is 5.69. The average molecular weight is 411 g/mol. The molecule has 0 radical (unpaired) electrons. The second-order valence-corrected chi connectivity index (χ2v) is 7.61. The summed E-state index contributed by atoms with van der Waals surface area (Å²) in [5, 5.41) is 8.02. The van der Waals surface area contributed by atoms with Crippen LogP contribution in [0.5, 0.6) is 0 Å². The van der Waals surface area contributed by atoms with E-state index in [-0.39, 0.29) is 5.69 Å². The number of nitrogens with zero attached hydrogens (tertiary/aromatic N) is 5. The molecule has 2 aromatic heterocycles. The largest absolute Gasteiger partial charge is 0.379 e. The number of ether oxygens (including phenoxy) is 1. The molecular formula is C22H30N6O2. The Kier molecular flexibility index (Phi) is 6.76. The van der Waals surface area contributed by atoms with E-state index in [2.05, 4.69) is 27.2 Å². The number of anilines is 1. The lowest BCUT2D eigenvalue weighted by molar-refractivity contribution is 0.0378. The predicted molar refractivity (Wildman–Crippen MR) is 118 cm³/mol. The highest BCUT2D eigenvalue weighted by atomic mass is 16.5. The van der Waals surface area contributed by atoms with Gasteiger partial charge in [0, 0.05) is 31.7 Å². The molecule has 0 spiro atoms. The first kappa shape index (κ1) is 20.6. The highest BCUT2D eigenvalue weighted by Crippen LogP contribution is 2.21. The van der Waals surface area contributed by atoms with E-state index in [0.717, 1.165) is 69.9 Å². The van der Waals surface area contributed by atoms with Crippen molar-refractivity contribution in [2.24, 2.45) is 0 Å². The highest BCUT2D eigenvalue weighted by Gasteiger charge is 2.17. The molecule has 0 bridgehead atoms. The molecule has 0 amide bonds. The smallest absolute Gasteiger partial charge is 0.351 e. The minimum Gasteiger partial charge on any atom is -0.379 e. The first-order chi connectivity index (χ1) is 14.8. The fourth-order valence-corrected chi connectivity index (χ4v) is 3.74. The summed E-state index contributed by atoms with van der Waals surface area (Å²) in [6, 6.07) is 9.87. The molecule has 1 saturated heterocycles. The molecule has 1 aliphatic heterocycles. The van der Waals surface area contributed by atoms with E-state index < -0.39 is 0 Å². The molecule has 30 heavy (non-hydrogen) atoms. The van der Waals surface area contributed by atoms with Gasteiger partial charge >= 0.3 is 5.69 Å². The second kappa shape index (κ2) is 9.86. The van der Waals surface area contributed by atoms with Crippen LogP contribution in [0.1, 0.15) is 26.2 Å². The Morgan fingerprint density at radius 3 is 2.67 bits per heavy atom. The van der Waals surface area contributed by atoms with Crippen LogP contribution in [0.2, 0.25) is 0 Å². The fraction of sp³-hybridized carbons (Fsp3) is 0.500. The summed E-state index contributed by atoms with van der Waals surface area (Å²) in [6.45, 7) is 8.13. The molecule has 1 aromatic carbocycles. The number of rotatable bonds is 9. The number of hydrogen-bond acceptors (Lipinski definition) is 6. The lowest BCUT2D eigenvalue weighted by atomic mass is 10.1. The lowest BCUT2D eigenvalue weighted by Gasteiger charge is -2.26. The van der Waals surface area contributed by atoms with Crippen LogP contribution in [-0.2, 0) is 11.3 Å². The van der Waals surface area contributed by atoms with Crippen LogP contribution in [0.15, 0.2) is 41.3 Å². The minimum absolute atomic E-state index is 0.115. The van der Waals surface area contributed by atoms with Crippen molar-refractivity contribution in [3.63, 3.8) is 0 Å². The van der Waals surface area contributed by atoms with Crippen molar-refractivity contribution >= 4 is 11.5 Å². The molecule has 160 valence electrons. The van der Waals surface area contributed by atoms with Crippen LogP contribution < -0.4 is 11.0 Å².